The minimum Gasteiger partial charge on any atom is -0.389 e. The van der Waals surface area contributed by atoms with Crippen LogP contribution in [0.2, 0.25) is 0 Å². The maximum atomic E-state index is 12.5. The molecule has 2 saturated heterocycles. The maximum absolute atomic E-state index is 12.5. The number of rotatable bonds is 13. The molecule has 3 rings (SSSR count). The Kier molecular flexibility index (Phi) is 10.9. The Morgan fingerprint density at radius 2 is 1.85 bits per heavy atom. The van der Waals surface area contributed by atoms with Gasteiger partial charge in [-0.3, -0.25) is 9.59 Å². The molecule has 2 aliphatic heterocycles. The molecule has 1 N–H and O–H groups in total. The van der Waals surface area contributed by atoms with Crippen LogP contribution in [0, 0.1) is 11.8 Å². The summed E-state index contributed by atoms with van der Waals surface area (Å²) < 4.78 is 11.5. The predicted octanol–water partition coefficient (Wildman–Crippen LogP) is 4.79. The highest BCUT2D eigenvalue weighted by molar-refractivity contribution is 5.83. The monoisotopic (exact) mass is 463 g/mol. The molecule has 0 radical (unpaired) electrons. The fourth-order valence-electron chi connectivity index (χ4n) is 5.55. The van der Waals surface area contributed by atoms with Gasteiger partial charge in [0.25, 0.3) is 0 Å². The average Bonchev–Trinajstić information content (AvgIpc) is 3.41. The van der Waals surface area contributed by atoms with Crippen LogP contribution in [0.1, 0.15) is 96.8 Å². The molecule has 188 valence electrons. The van der Waals surface area contributed by atoms with E-state index in [1.807, 2.05) is 11.0 Å². The lowest BCUT2D eigenvalue weighted by Crippen LogP contribution is -2.47. The Morgan fingerprint density at radius 1 is 1.12 bits per heavy atom. The van der Waals surface area contributed by atoms with Gasteiger partial charge in [-0.05, 0) is 31.6 Å². The van der Waals surface area contributed by atoms with Crippen molar-refractivity contribution in [3.05, 3.63) is 12.2 Å². The summed E-state index contributed by atoms with van der Waals surface area (Å²) in [6.07, 6.45) is 16.6. The Morgan fingerprint density at radius 3 is 2.58 bits per heavy atom. The third kappa shape index (κ3) is 8.18. The highest BCUT2D eigenvalue weighted by Crippen LogP contribution is 2.34. The molecule has 6 heteroatoms. The van der Waals surface area contributed by atoms with Gasteiger partial charge in [-0.25, -0.2) is 0 Å². The summed E-state index contributed by atoms with van der Waals surface area (Å²) in [7, 11) is 0. The van der Waals surface area contributed by atoms with Crippen molar-refractivity contribution in [2.24, 2.45) is 11.8 Å². The molecule has 33 heavy (non-hydrogen) atoms. The standard InChI is InChI=1S/C27H45NO5/c1-2-3-6-9-23(29)14-12-22-13-15-25(30)24(22)10-7-4-5-8-11-26(31)28-18-16-27(17-19-28)32-20-21-33-27/h12,14,22-24,29H,2-11,13,15-21H2,1H3/t22-,23+,24+/m0/s1. The minimum absolute atomic E-state index is 0.117. The number of carbonyl (C=O) groups excluding carboxylic acids is 2. The normalized spacial score (nSPS) is 26.0. The molecular formula is C27H45NO5. The largest absolute Gasteiger partial charge is 0.389 e. The molecule has 1 saturated carbocycles. The predicted molar refractivity (Wildman–Crippen MR) is 129 cm³/mol. The van der Waals surface area contributed by atoms with Crippen LogP contribution in [0.15, 0.2) is 12.2 Å². The summed E-state index contributed by atoms with van der Waals surface area (Å²) in [5.41, 5.74) is 0. The van der Waals surface area contributed by atoms with Gasteiger partial charge in [0, 0.05) is 44.7 Å². The van der Waals surface area contributed by atoms with Crippen LogP contribution in [-0.2, 0) is 19.1 Å². The van der Waals surface area contributed by atoms with E-state index in [0.29, 0.717) is 31.8 Å². The molecular weight excluding hydrogens is 418 g/mol. The lowest BCUT2D eigenvalue weighted by molar-refractivity contribution is -0.187. The number of hydrogen-bond donors (Lipinski definition) is 1. The van der Waals surface area contributed by atoms with Gasteiger partial charge in [0.1, 0.15) is 5.78 Å². The Labute approximate surface area is 200 Å². The van der Waals surface area contributed by atoms with Crippen LogP contribution in [0.25, 0.3) is 0 Å². The number of amides is 1. The summed E-state index contributed by atoms with van der Waals surface area (Å²) in [5, 5.41) is 10.1. The van der Waals surface area contributed by atoms with Crippen LogP contribution >= 0.6 is 0 Å². The number of hydrogen-bond acceptors (Lipinski definition) is 5. The number of unbranched alkanes of at least 4 members (excludes halogenated alkanes) is 5. The second-order valence-electron chi connectivity index (χ2n) is 10.2. The minimum atomic E-state index is -0.422. The zero-order valence-corrected chi connectivity index (χ0v) is 20.6. The van der Waals surface area contributed by atoms with Crippen LogP contribution in [-0.4, -0.2) is 59.9 Å². The fraction of sp³-hybridized carbons (Fsp3) is 0.852. The van der Waals surface area contributed by atoms with Crippen molar-refractivity contribution in [1.82, 2.24) is 4.90 Å². The quantitative estimate of drug-likeness (QED) is 0.314. The van der Waals surface area contributed by atoms with Crippen LogP contribution < -0.4 is 0 Å². The van der Waals surface area contributed by atoms with Crippen molar-refractivity contribution in [2.75, 3.05) is 26.3 Å². The zero-order valence-electron chi connectivity index (χ0n) is 20.6. The first-order valence-corrected chi connectivity index (χ1v) is 13.5. The van der Waals surface area contributed by atoms with Gasteiger partial charge < -0.3 is 19.5 Å². The van der Waals surface area contributed by atoms with Gasteiger partial charge in [-0.2, -0.15) is 0 Å². The van der Waals surface area contributed by atoms with Gasteiger partial charge in [0.15, 0.2) is 5.79 Å². The van der Waals surface area contributed by atoms with Crippen molar-refractivity contribution in [2.45, 2.75) is 109 Å². The molecule has 1 spiro atoms. The summed E-state index contributed by atoms with van der Waals surface area (Å²) in [6.45, 7) is 4.95. The second-order valence-corrected chi connectivity index (χ2v) is 10.2. The van der Waals surface area contributed by atoms with E-state index in [1.54, 1.807) is 0 Å². The van der Waals surface area contributed by atoms with Crippen LogP contribution in [0.3, 0.4) is 0 Å². The number of aliphatic hydroxyl groups is 1. The van der Waals surface area contributed by atoms with Crippen molar-refractivity contribution < 1.29 is 24.2 Å². The molecule has 2 heterocycles. The summed E-state index contributed by atoms with van der Waals surface area (Å²) in [5.74, 6) is 0.616. The number of carbonyl (C=O) groups is 2. The SMILES string of the molecule is CCCCC[C@@H](O)C=C[C@H]1CCC(=O)[C@@H]1CCCCCCC(=O)N1CCC2(CC1)OCCO2. The molecule has 0 aromatic heterocycles. The highest BCUT2D eigenvalue weighted by Gasteiger charge is 2.40. The van der Waals surface area contributed by atoms with Crippen molar-refractivity contribution >= 4 is 11.7 Å². The van der Waals surface area contributed by atoms with Gasteiger partial charge in [0.2, 0.25) is 5.91 Å². The van der Waals surface area contributed by atoms with E-state index in [-0.39, 0.29) is 23.8 Å². The zero-order chi connectivity index (χ0) is 23.5. The molecule has 3 atom stereocenters. The number of likely N-dealkylation sites (tertiary alicyclic amines) is 1. The molecule has 1 aliphatic carbocycles. The third-order valence-electron chi connectivity index (χ3n) is 7.69. The number of ether oxygens (including phenoxy) is 2. The molecule has 0 unspecified atom stereocenters. The van der Waals surface area contributed by atoms with E-state index < -0.39 is 5.79 Å². The highest BCUT2D eigenvalue weighted by atomic mass is 16.7. The number of aliphatic hydroxyl groups excluding tert-OH is 1. The van der Waals surface area contributed by atoms with Crippen molar-refractivity contribution in [3.8, 4) is 0 Å². The number of ketones is 1. The first-order chi connectivity index (χ1) is 16.0. The molecule has 1 amide bonds. The molecule has 0 aromatic carbocycles. The van der Waals surface area contributed by atoms with E-state index in [0.717, 1.165) is 90.1 Å². The maximum Gasteiger partial charge on any atom is 0.222 e. The lowest BCUT2D eigenvalue weighted by Gasteiger charge is -2.37. The number of piperidine rings is 1. The van der Waals surface area contributed by atoms with E-state index in [1.165, 1.54) is 0 Å². The number of allylic oxidation sites excluding steroid dienone is 1. The molecule has 0 bridgehead atoms. The molecule has 6 nitrogen and oxygen atoms in total. The molecule has 3 fully saturated rings. The third-order valence-corrected chi connectivity index (χ3v) is 7.69. The Balaban J connectivity index is 1.26. The average molecular weight is 464 g/mol. The van der Waals surface area contributed by atoms with E-state index in [2.05, 4.69) is 13.0 Å². The Hall–Kier alpha value is -1.24. The summed E-state index contributed by atoms with van der Waals surface area (Å²) in [4.78, 5) is 26.8. The lowest BCUT2D eigenvalue weighted by atomic mass is 9.89. The second kappa shape index (κ2) is 13.6. The van der Waals surface area contributed by atoms with E-state index in [4.69, 9.17) is 9.47 Å². The number of nitrogens with zero attached hydrogens (tertiary/aromatic N) is 1. The first kappa shape index (κ1) is 26.4. The van der Waals surface area contributed by atoms with Crippen molar-refractivity contribution in [3.63, 3.8) is 0 Å². The summed E-state index contributed by atoms with van der Waals surface area (Å²) >= 11 is 0. The number of Topliss-reactive ketones (excluding diaryl/α,β-unsaturated/α-hetero) is 1. The van der Waals surface area contributed by atoms with Crippen molar-refractivity contribution in [1.29, 1.82) is 0 Å². The fourth-order valence-corrected chi connectivity index (χ4v) is 5.55. The molecule has 0 aromatic rings. The van der Waals surface area contributed by atoms with Gasteiger partial charge in [0.05, 0.1) is 19.3 Å². The summed E-state index contributed by atoms with van der Waals surface area (Å²) in [6, 6.07) is 0. The first-order valence-electron chi connectivity index (χ1n) is 13.5. The van der Waals surface area contributed by atoms with E-state index in [9.17, 15) is 14.7 Å². The van der Waals surface area contributed by atoms with Crippen LogP contribution in [0.5, 0.6) is 0 Å². The topological polar surface area (TPSA) is 76.1 Å². The molecule has 3 aliphatic rings. The smallest absolute Gasteiger partial charge is 0.222 e. The van der Waals surface area contributed by atoms with E-state index >= 15 is 0 Å². The Bertz CT molecular complexity index is 632. The van der Waals surface area contributed by atoms with Gasteiger partial charge in [-0.15, -0.1) is 0 Å². The van der Waals surface area contributed by atoms with Gasteiger partial charge >= 0.3 is 0 Å². The van der Waals surface area contributed by atoms with Gasteiger partial charge in [-0.1, -0.05) is 57.6 Å². The van der Waals surface area contributed by atoms with Crippen LogP contribution in [0.4, 0.5) is 0 Å².